The van der Waals surface area contributed by atoms with E-state index in [1.54, 1.807) is 48.5 Å². The molecule has 1 atom stereocenters. The standard InChI is InChI=1S/C20H24N2O4S/c1-15(2)13-21-19(23)20(24)22-14-18(16-9-5-3-6-10-16)27(25,26)17-11-7-4-8-12-17/h3-12,15,18H,13-14H2,1-2H3,(H,21,23)(H,22,24)/t18-/m1/s1. The second-order valence-electron chi connectivity index (χ2n) is 6.57. The van der Waals surface area contributed by atoms with Crippen LogP contribution in [0.3, 0.4) is 0 Å². The van der Waals surface area contributed by atoms with Gasteiger partial charge in [-0.3, -0.25) is 9.59 Å². The van der Waals surface area contributed by atoms with E-state index in [4.69, 9.17) is 0 Å². The van der Waals surface area contributed by atoms with Crippen molar-refractivity contribution in [2.75, 3.05) is 13.1 Å². The second kappa shape index (κ2) is 9.32. The lowest BCUT2D eigenvalue weighted by atomic mass is 10.1. The molecule has 0 heterocycles. The van der Waals surface area contributed by atoms with Gasteiger partial charge in [-0.15, -0.1) is 0 Å². The molecule has 2 rings (SSSR count). The Labute approximate surface area is 159 Å². The molecule has 0 fully saturated rings. The van der Waals surface area contributed by atoms with Gasteiger partial charge in [0, 0.05) is 13.1 Å². The summed E-state index contributed by atoms with van der Waals surface area (Å²) >= 11 is 0. The molecule has 0 saturated carbocycles. The topological polar surface area (TPSA) is 92.3 Å². The summed E-state index contributed by atoms with van der Waals surface area (Å²) in [5.41, 5.74) is 0.546. The van der Waals surface area contributed by atoms with E-state index in [1.807, 2.05) is 13.8 Å². The highest BCUT2D eigenvalue weighted by atomic mass is 32.2. The minimum atomic E-state index is -3.75. The number of hydrogen-bond donors (Lipinski definition) is 2. The van der Waals surface area contributed by atoms with Crippen molar-refractivity contribution < 1.29 is 18.0 Å². The zero-order valence-electron chi connectivity index (χ0n) is 15.4. The predicted octanol–water partition coefficient (Wildman–Crippen LogP) is 2.09. The van der Waals surface area contributed by atoms with E-state index in [1.165, 1.54) is 12.1 Å². The van der Waals surface area contributed by atoms with Gasteiger partial charge in [-0.1, -0.05) is 62.4 Å². The SMILES string of the molecule is CC(C)CNC(=O)C(=O)NC[C@H](c1ccccc1)S(=O)(=O)c1ccccc1. The van der Waals surface area contributed by atoms with Gasteiger partial charge >= 0.3 is 11.8 Å². The van der Waals surface area contributed by atoms with Crippen LogP contribution in [0.5, 0.6) is 0 Å². The fourth-order valence-corrected chi connectivity index (χ4v) is 4.17. The fourth-order valence-electron chi connectivity index (χ4n) is 2.49. The van der Waals surface area contributed by atoms with Crippen molar-refractivity contribution in [3.63, 3.8) is 0 Å². The molecule has 27 heavy (non-hydrogen) atoms. The molecular weight excluding hydrogens is 364 g/mol. The molecule has 2 aromatic carbocycles. The van der Waals surface area contributed by atoms with Crippen LogP contribution >= 0.6 is 0 Å². The fraction of sp³-hybridized carbons (Fsp3) is 0.300. The molecule has 0 aliphatic carbocycles. The molecule has 0 radical (unpaired) electrons. The first-order chi connectivity index (χ1) is 12.8. The van der Waals surface area contributed by atoms with E-state index >= 15 is 0 Å². The van der Waals surface area contributed by atoms with Crippen LogP contribution in [0.1, 0.15) is 24.7 Å². The normalized spacial score (nSPS) is 12.4. The zero-order chi connectivity index (χ0) is 19.9. The molecule has 6 nitrogen and oxygen atoms in total. The molecular formula is C20H24N2O4S. The Morgan fingerprint density at radius 3 is 1.81 bits per heavy atom. The van der Waals surface area contributed by atoms with Crippen molar-refractivity contribution in [1.29, 1.82) is 0 Å². The lowest BCUT2D eigenvalue weighted by molar-refractivity contribution is -0.139. The van der Waals surface area contributed by atoms with Gasteiger partial charge in [0.15, 0.2) is 9.84 Å². The number of hydrogen-bond acceptors (Lipinski definition) is 4. The monoisotopic (exact) mass is 388 g/mol. The number of amides is 2. The molecule has 0 aromatic heterocycles. The van der Waals surface area contributed by atoms with Crippen molar-refractivity contribution in [2.24, 2.45) is 5.92 Å². The summed E-state index contributed by atoms with van der Waals surface area (Å²) in [5.74, 6) is -1.41. The lowest BCUT2D eigenvalue weighted by Gasteiger charge is -2.19. The molecule has 2 amide bonds. The molecule has 0 aliphatic heterocycles. The minimum Gasteiger partial charge on any atom is -0.348 e. The highest BCUT2D eigenvalue weighted by Crippen LogP contribution is 2.28. The predicted molar refractivity (Wildman–Crippen MR) is 104 cm³/mol. The smallest absolute Gasteiger partial charge is 0.309 e. The highest BCUT2D eigenvalue weighted by Gasteiger charge is 2.30. The van der Waals surface area contributed by atoms with Gasteiger partial charge < -0.3 is 10.6 Å². The Bertz CT molecular complexity index is 865. The Balaban J connectivity index is 2.20. The van der Waals surface area contributed by atoms with Crippen molar-refractivity contribution in [2.45, 2.75) is 24.0 Å². The van der Waals surface area contributed by atoms with E-state index < -0.39 is 26.9 Å². The molecule has 0 saturated heterocycles. The van der Waals surface area contributed by atoms with Gasteiger partial charge in [0.25, 0.3) is 0 Å². The molecule has 0 aliphatic rings. The van der Waals surface area contributed by atoms with Gasteiger partial charge in [-0.2, -0.15) is 0 Å². The van der Waals surface area contributed by atoms with E-state index in [0.717, 1.165) is 0 Å². The van der Waals surface area contributed by atoms with Crippen molar-refractivity contribution in [3.8, 4) is 0 Å². The highest BCUT2D eigenvalue weighted by molar-refractivity contribution is 7.91. The first-order valence-corrected chi connectivity index (χ1v) is 10.3. The van der Waals surface area contributed by atoms with E-state index in [-0.39, 0.29) is 17.4 Å². The van der Waals surface area contributed by atoms with Gasteiger partial charge in [-0.05, 0) is 23.6 Å². The minimum absolute atomic E-state index is 0.164. The summed E-state index contributed by atoms with van der Waals surface area (Å²) in [7, 11) is -3.75. The lowest BCUT2D eigenvalue weighted by Crippen LogP contribution is -2.43. The summed E-state index contributed by atoms with van der Waals surface area (Å²) in [6, 6.07) is 16.7. The summed E-state index contributed by atoms with van der Waals surface area (Å²) in [4.78, 5) is 24.0. The Morgan fingerprint density at radius 2 is 1.30 bits per heavy atom. The third kappa shape index (κ3) is 5.65. The van der Waals surface area contributed by atoms with Crippen LogP contribution in [0.2, 0.25) is 0 Å². The van der Waals surface area contributed by atoms with Gasteiger partial charge in [0.05, 0.1) is 4.90 Å². The van der Waals surface area contributed by atoms with Gasteiger partial charge in [-0.25, -0.2) is 8.42 Å². The first kappa shape index (κ1) is 20.6. The van der Waals surface area contributed by atoms with Crippen molar-refractivity contribution in [1.82, 2.24) is 10.6 Å². The number of sulfone groups is 1. The molecule has 2 N–H and O–H groups in total. The maximum Gasteiger partial charge on any atom is 0.309 e. The molecule has 7 heteroatoms. The maximum atomic E-state index is 13.1. The number of carbonyl (C=O) groups is 2. The molecule has 2 aromatic rings. The van der Waals surface area contributed by atoms with Crippen LogP contribution in [-0.2, 0) is 19.4 Å². The van der Waals surface area contributed by atoms with Gasteiger partial charge in [0.1, 0.15) is 5.25 Å². The zero-order valence-corrected chi connectivity index (χ0v) is 16.2. The number of rotatable bonds is 7. The van der Waals surface area contributed by atoms with E-state index in [2.05, 4.69) is 10.6 Å². The summed E-state index contributed by atoms with van der Waals surface area (Å²) in [5, 5.41) is 3.97. The Kier molecular flexibility index (Phi) is 7.12. The quantitative estimate of drug-likeness (QED) is 0.711. The number of benzene rings is 2. The molecule has 0 bridgehead atoms. The first-order valence-electron chi connectivity index (χ1n) is 8.72. The summed E-state index contributed by atoms with van der Waals surface area (Å²) in [6.45, 7) is 4.00. The summed E-state index contributed by atoms with van der Waals surface area (Å²) in [6.07, 6.45) is 0. The van der Waals surface area contributed by atoms with Gasteiger partial charge in [0.2, 0.25) is 0 Å². The van der Waals surface area contributed by atoms with Crippen LogP contribution < -0.4 is 10.6 Å². The number of carbonyl (C=O) groups excluding carboxylic acids is 2. The Morgan fingerprint density at radius 1 is 0.815 bits per heavy atom. The van der Waals surface area contributed by atoms with Crippen LogP contribution in [0.4, 0.5) is 0 Å². The summed E-state index contributed by atoms with van der Waals surface area (Å²) < 4.78 is 26.2. The molecule has 0 unspecified atom stereocenters. The number of nitrogens with one attached hydrogen (secondary N) is 2. The van der Waals surface area contributed by atoms with Crippen LogP contribution in [0, 0.1) is 5.92 Å². The van der Waals surface area contributed by atoms with E-state index in [9.17, 15) is 18.0 Å². The van der Waals surface area contributed by atoms with Crippen molar-refractivity contribution >= 4 is 21.7 Å². The van der Waals surface area contributed by atoms with Crippen LogP contribution in [0.25, 0.3) is 0 Å². The van der Waals surface area contributed by atoms with Crippen molar-refractivity contribution in [3.05, 3.63) is 66.2 Å². The average molecular weight is 388 g/mol. The largest absolute Gasteiger partial charge is 0.348 e. The third-order valence-electron chi connectivity index (χ3n) is 3.94. The van der Waals surface area contributed by atoms with E-state index in [0.29, 0.717) is 12.1 Å². The van der Waals surface area contributed by atoms with Crippen LogP contribution in [-0.4, -0.2) is 33.3 Å². The molecule has 144 valence electrons. The third-order valence-corrected chi connectivity index (χ3v) is 6.06. The second-order valence-corrected chi connectivity index (χ2v) is 8.70. The average Bonchev–Trinajstić information content (AvgIpc) is 2.67. The maximum absolute atomic E-state index is 13.1. The Hall–Kier alpha value is -2.67. The van der Waals surface area contributed by atoms with Crippen LogP contribution in [0.15, 0.2) is 65.6 Å². The molecule has 0 spiro atoms.